The van der Waals surface area contributed by atoms with Crippen LogP contribution < -0.4 is 10.5 Å². The predicted octanol–water partition coefficient (Wildman–Crippen LogP) is 4.10. The molecule has 112 valence electrons. The number of nitrogens with two attached hydrogens (primary N) is 1. The minimum Gasteiger partial charge on any atom is -0.398 e. The minimum atomic E-state index is -3.72. The number of anilines is 2. The van der Waals surface area contributed by atoms with Crippen LogP contribution in [0.15, 0.2) is 39.7 Å². The maximum Gasteiger partial charge on any atom is 0.262 e. The largest absolute Gasteiger partial charge is 0.398 e. The third-order valence-corrected chi connectivity index (χ3v) is 5.48. The fraction of sp³-hybridized carbons (Fsp3) is 0.143. The van der Waals surface area contributed by atoms with Crippen molar-refractivity contribution >= 4 is 48.9 Å². The molecule has 2 rings (SSSR count). The number of halogens is 2. The minimum absolute atomic E-state index is 0.106. The first kappa shape index (κ1) is 16.1. The number of hydrogen-bond donors (Lipinski definition) is 2. The third kappa shape index (κ3) is 3.51. The highest BCUT2D eigenvalue weighted by Gasteiger charge is 2.17. The Morgan fingerprint density at radius 3 is 2.43 bits per heavy atom. The summed E-state index contributed by atoms with van der Waals surface area (Å²) in [6, 6.07) is 7.93. The van der Waals surface area contributed by atoms with E-state index < -0.39 is 10.0 Å². The van der Waals surface area contributed by atoms with Crippen LogP contribution >= 0.6 is 27.5 Å². The van der Waals surface area contributed by atoms with E-state index in [1.54, 1.807) is 18.2 Å². The molecule has 0 bridgehead atoms. The van der Waals surface area contributed by atoms with Crippen molar-refractivity contribution in [3.05, 3.63) is 51.0 Å². The molecule has 0 atom stereocenters. The smallest absolute Gasteiger partial charge is 0.262 e. The zero-order chi connectivity index (χ0) is 15.8. The van der Waals surface area contributed by atoms with Crippen molar-refractivity contribution in [2.45, 2.75) is 18.7 Å². The molecule has 3 N–H and O–H groups in total. The molecule has 2 aromatic rings. The molecule has 0 aliphatic rings. The zero-order valence-electron chi connectivity index (χ0n) is 11.4. The topological polar surface area (TPSA) is 72.2 Å². The van der Waals surface area contributed by atoms with E-state index in [0.29, 0.717) is 20.9 Å². The molecule has 0 amide bonds. The number of benzene rings is 2. The van der Waals surface area contributed by atoms with Gasteiger partial charge in [-0.1, -0.05) is 17.7 Å². The van der Waals surface area contributed by atoms with Gasteiger partial charge in [-0.05, 0) is 65.2 Å². The van der Waals surface area contributed by atoms with Gasteiger partial charge in [0.2, 0.25) is 0 Å². The Morgan fingerprint density at radius 1 is 1.14 bits per heavy atom. The third-order valence-electron chi connectivity index (χ3n) is 3.05. The Morgan fingerprint density at radius 2 is 1.81 bits per heavy atom. The lowest BCUT2D eigenvalue weighted by molar-refractivity contribution is 0.601. The fourth-order valence-corrected chi connectivity index (χ4v) is 3.67. The number of sulfonamides is 1. The molecule has 0 spiro atoms. The van der Waals surface area contributed by atoms with Gasteiger partial charge in [0.05, 0.1) is 10.6 Å². The maximum absolute atomic E-state index is 12.4. The van der Waals surface area contributed by atoms with Gasteiger partial charge in [0, 0.05) is 15.2 Å². The van der Waals surface area contributed by atoms with Crippen molar-refractivity contribution in [1.29, 1.82) is 0 Å². The summed E-state index contributed by atoms with van der Waals surface area (Å²) in [6.45, 7) is 3.65. The van der Waals surface area contributed by atoms with Gasteiger partial charge in [0.15, 0.2) is 0 Å². The molecule has 2 aromatic carbocycles. The Hall–Kier alpha value is -1.24. The van der Waals surface area contributed by atoms with Crippen LogP contribution in [0.25, 0.3) is 0 Å². The number of nitrogen functional groups attached to an aromatic ring is 1. The molecule has 0 unspecified atom stereocenters. The van der Waals surface area contributed by atoms with Crippen molar-refractivity contribution in [2.24, 2.45) is 0 Å². The van der Waals surface area contributed by atoms with Gasteiger partial charge in [0.1, 0.15) is 0 Å². The molecule has 0 saturated heterocycles. The van der Waals surface area contributed by atoms with E-state index >= 15 is 0 Å². The van der Waals surface area contributed by atoms with Crippen LogP contribution in [0, 0.1) is 13.8 Å². The predicted molar refractivity (Wildman–Crippen MR) is 90.3 cm³/mol. The van der Waals surface area contributed by atoms with Crippen LogP contribution in [0.4, 0.5) is 11.4 Å². The summed E-state index contributed by atoms with van der Waals surface area (Å²) in [5.74, 6) is 0. The Labute approximate surface area is 137 Å². The first-order valence-electron chi connectivity index (χ1n) is 6.05. The summed E-state index contributed by atoms with van der Waals surface area (Å²) in [7, 11) is -3.72. The van der Waals surface area contributed by atoms with Crippen LogP contribution in [-0.2, 0) is 10.0 Å². The first-order valence-corrected chi connectivity index (χ1v) is 8.71. The van der Waals surface area contributed by atoms with E-state index in [0.717, 1.165) is 11.1 Å². The van der Waals surface area contributed by atoms with Crippen LogP contribution in [0.3, 0.4) is 0 Å². The number of nitrogens with one attached hydrogen (secondary N) is 1. The van der Waals surface area contributed by atoms with E-state index in [1.807, 2.05) is 13.8 Å². The van der Waals surface area contributed by atoms with Crippen molar-refractivity contribution in [1.82, 2.24) is 0 Å². The molecule has 0 aromatic heterocycles. The van der Waals surface area contributed by atoms with Crippen molar-refractivity contribution < 1.29 is 8.42 Å². The summed E-state index contributed by atoms with van der Waals surface area (Å²) < 4.78 is 27.9. The monoisotopic (exact) mass is 388 g/mol. The van der Waals surface area contributed by atoms with Gasteiger partial charge in [0.25, 0.3) is 10.0 Å². The van der Waals surface area contributed by atoms with E-state index in [9.17, 15) is 8.42 Å². The summed E-state index contributed by atoms with van der Waals surface area (Å²) >= 11 is 9.35. The van der Waals surface area contributed by atoms with Crippen molar-refractivity contribution in [2.75, 3.05) is 10.5 Å². The second-order valence-corrected chi connectivity index (χ2v) is 7.65. The average molecular weight is 390 g/mol. The highest BCUT2D eigenvalue weighted by atomic mass is 79.9. The molecular weight excluding hydrogens is 376 g/mol. The molecule has 4 nitrogen and oxygen atoms in total. The Bertz CT molecular complexity index is 807. The molecular formula is C14H14BrClN2O2S. The lowest BCUT2D eigenvalue weighted by Crippen LogP contribution is -2.14. The Balaban J connectivity index is 2.42. The molecule has 0 radical (unpaired) electrons. The Kier molecular flexibility index (Phi) is 4.51. The molecule has 0 fully saturated rings. The normalized spacial score (nSPS) is 11.4. The molecule has 21 heavy (non-hydrogen) atoms. The van der Waals surface area contributed by atoms with Gasteiger partial charge >= 0.3 is 0 Å². The fourth-order valence-electron chi connectivity index (χ4n) is 1.71. The van der Waals surface area contributed by atoms with Gasteiger partial charge in [-0.25, -0.2) is 8.42 Å². The van der Waals surface area contributed by atoms with Crippen LogP contribution in [0.5, 0.6) is 0 Å². The van der Waals surface area contributed by atoms with Crippen molar-refractivity contribution in [3.63, 3.8) is 0 Å². The summed E-state index contributed by atoms with van der Waals surface area (Å²) in [5.41, 5.74) is 8.25. The van der Waals surface area contributed by atoms with Crippen LogP contribution in [0.1, 0.15) is 11.1 Å². The lowest BCUT2D eigenvalue weighted by Gasteiger charge is -2.12. The number of rotatable bonds is 3. The summed E-state index contributed by atoms with van der Waals surface area (Å²) in [5, 5.41) is 0.485. The first-order chi connectivity index (χ1) is 9.70. The van der Waals surface area contributed by atoms with E-state index in [2.05, 4.69) is 20.7 Å². The molecule has 0 heterocycles. The van der Waals surface area contributed by atoms with Crippen LogP contribution in [-0.4, -0.2) is 8.42 Å². The summed E-state index contributed by atoms with van der Waals surface area (Å²) in [6.07, 6.45) is 0. The van der Waals surface area contributed by atoms with E-state index in [1.165, 1.54) is 12.1 Å². The average Bonchev–Trinajstić information content (AvgIpc) is 2.39. The summed E-state index contributed by atoms with van der Waals surface area (Å²) in [4.78, 5) is 0.106. The quantitative estimate of drug-likeness (QED) is 0.776. The molecule has 0 aliphatic heterocycles. The van der Waals surface area contributed by atoms with Gasteiger partial charge < -0.3 is 5.73 Å². The molecule has 0 aliphatic carbocycles. The zero-order valence-corrected chi connectivity index (χ0v) is 14.6. The second kappa shape index (κ2) is 5.87. The van der Waals surface area contributed by atoms with E-state index in [4.69, 9.17) is 17.3 Å². The number of aryl methyl sites for hydroxylation is 2. The maximum atomic E-state index is 12.4. The highest BCUT2D eigenvalue weighted by Crippen LogP contribution is 2.31. The van der Waals surface area contributed by atoms with E-state index in [-0.39, 0.29) is 4.90 Å². The molecule has 0 saturated carbocycles. The van der Waals surface area contributed by atoms with Crippen molar-refractivity contribution in [3.8, 4) is 0 Å². The SMILES string of the molecule is Cc1ccc(S(=O)(=O)Nc2cc(Cl)c(C)cc2Br)cc1N. The lowest BCUT2D eigenvalue weighted by atomic mass is 10.2. The highest BCUT2D eigenvalue weighted by molar-refractivity contribution is 9.10. The second-order valence-electron chi connectivity index (χ2n) is 4.71. The van der Waals surface area contributed by atoms with Gasteiger partial charge in [-0.2, -0.15) is 0 Å². The van der Waals surface area contributed by atoms with Gasteiger partial charge in [-0.15, -0.1) is 0 Å². The van der Waals surface area contributed by atoms with Crippen LogP contribution in [0.2, 0.25) is 5.02 Å². The standard InChI is InChI=1S/C14H14BrClN2O2S/c1-8-3-4-10(6-13(8)17)21(19,20)18-14-7-12(16)9(2)5-11(14)15/h3-7,18H,17H2,1-2H3. The molecule has 7 heteroatoms. The number of hydrogen-bond acceptors (Lipinski definition) is 3. The van der Waals surface area contributed by atoms with Gasteiger partial charge in [-0.3, -0.25) is 4.72 Å².